The Balaban J connectivity index is 1.54. The molecule has 0 spiro atoms. The molecule has 0 fully saturated rings. The van der Waals surface area contributed by atoms with Crippen LogP contribution in [-0.2, 0) is 4.79 Å². The lowest BCUT2D eigenvalue weighted by Gasteiger charge is -2.11. The van der Waals surface area contributed by atoms with Crippen molar-refractivity contribution in [1.29, 1.82) is 0 Å². The molecule has 0 unspecified atom stereocenters. The van der Waals surface area contributed by atoms with Crippen molar-refractivity contribution in [3.8, 4) is 0 Å². The van der Waals surface area contributed by atoms with Crippen molar-refractivity contribution in [2.24, 2.45) is 0 Å². The van der Waals surface area contributed by atoms with Crippen LogP contribution < -0.4 is 16.2 Å². The van der Waals surface area contributed by atoms with Crippen molar-refractivity contribution < 1.29 is 4.79 Å². The minimum absolute atomic E-state index is 0.117. The predicted octanol–water partition coefficient (Wildman–Crippen LogP) is 3.37. The SMILES string of the molecule is Cc1ccc(SCC(=O)NNC(=S)NCCSc2ccccc2)cc1. The van der Waals surface area contributed by atoms with Gasteiger partial charge in [0.25, 0.3) is 0 Å². The molecular formula is C18H21N3OS3. The summed E-state index contributed by atoms with van der Waals surface area (Å²) < 4.78 is 0. The molecule has 0 aliphatic carbocycles. The highest BCUT2D eigenvalue weighted by molar-refractivity contribution is 8.00. The van der Waals surface area contributed by atoms with E-state index in [2.05, 4.69) is 28.3 Å². The summed E-state index contributed by atoms with van der Waals surface area (Å²) in [6, 6.07) is 18.3. The van der Waals surface area contributed by atoms with Crippen LogP contribution in [0.2, 0.25) is 0 Å². The molecule has 7 heteroatoms. The van der Waals surface area contributed by atoms with Crippen LogP contribution in [0.25, 0.3) is 0 Å². The summed E-state index contributed by atoms with van der Waals surface area (Å²) in [7, 11) is 0. The lowest BCUT2D eigenvalue weighted by Crippen LogP contribution is -2.47. The molecule has 0 aliphatic rings. The van der Waals surface area contributed by atoms with Gasteiger partial charge in [-0.1, -0.05) is 35.9 Å². The Labute approximate surface area is 162 Å². The highest BCUT2D eigenvalue weighted by Crippen LogP contribution is 2.17. The van der Waals surface area contributed by atoms with Gasteiger partial charge >= 0.3 is 0 Å². The van der Waals surface area contributed by atoms with Gasteiger partial charge in [-0.2, -0.15) is 0 Å². The third-order valence-electron chi connectivity index (χ3n) is 3.11. The fraction of sp³-hybridized carbons (Fsp3) is 0.222. The number of thioether (sulfide) groups is 2. The summed E-state index contributed by atoms with van der Waals surface area (Å²) in [4.78, 5) is 14.1. The van der Waals surface area contributed by atoms with Crippen LogP contribution in [0.4, 0.5) is 0 Å². The van der Waals surface area contributed by atoms with E-state index < -0.39 is 0 Å². The highest BCUT2D eigenvalue weighted by atomic mass is 32.2. The molecule has 132 valence electrons. The van der Waals surface area contributed by atoms with E-state index in [9.17, 15) is 4.79 Å². The van der Waals surface area contributed by atoms with Crippen LogP contribution >= 0.6 is 35.7 Å². The molecule has 0 aromatic heterocycles. The van der Waals surface area contributed by atoms with Gasteiger partial charge in [0.05, 0.1) is 5.75 Å². The minimum atomic E-state index is -0.117. The van der Waals surface area contributed by atoms with Gasteiger partial charge in [0, 0.05) is 22.1 Å². The standard InChI is InChI=1S/C18H21N3OS3/c1-14-7-9-16(10-8-14)25-13-17(22)20-21-18(23)19-11-12-24-15-5-3-2-4-6-15/h2-10H,11-13H2,1H3,(H,20,22)(H2,19,21,23). The van der Waals surface area contributed by atoms with Crippen molar-refractivity contribution >= 4 is 46.8 Å². The second kappa shape index (κ2) is 11.0. The smallest absolute Gasteiger partial charge is 0.248 e. The molecule has 0 bridgehead atoms. The third kappa shape index (κ3) is 8.29. The molecule has 1 amide bonds. The topological polar surface area (TPSA) is 53.2 Å². The summed E-state index contributed by atoms with van der Waals surface area (Å²) in [6.07, 6.45) is 0. The summed E-state index contributed by atoms with van der Waals surface area (Å²) in [5, 5.41) is 3.49. The Morgan fingerprint density at radius 3 is 2.36 bits per heavy atom. The van der Waals surface area contributed by atoms with Gasteiger partial charge < -0.3 is 5.32 Å². The average molecular weight is 392 g/mol. The molecule has 0 saturated heterocycles. The van der Waals surface area contributed by atoms with Crippen LogP contribution in [0.5, 0.6) is 0 Å². The minimum Gasteiger partial charge on any atom is -0.361 e. The van der Waals surface area contributed by atoms with Crippen molar-refractivity contribution in [1.82, 2.24) is 16.2 Å². The maximum absolute atomic E-state index is 11.8. The first-order chi connectivity index (χ1) is 12.1. The Bertz CT molecular complexity index is 678. The van der Waals surface area contributed by atoms with Crippen LogP contribution in [0, 0.1) is 6.92 Å². The van der Waals surface area contributed by atoms with Gasteiger partial charge in [0.15, 0.2) is 5.11 Å². The van der Waals surface area contributed by atoms with Crippen LogP contribution in [0.1, 0.15) is 5.56 Å². The lowest BCUT2D eigenvalue weighted by molar-refractivity contribution is -0.119. The van der Waals surface area contributed by atoms with Gasteiger partial charge in [0.2, 0.25) is 5.91 Å². The number of aryl methyl sites for hydroxylation is 1. The number of benzene rings is 2. The van der Waals surface area contributed by atoms with Gasteiger partial charge in [0.1, 0.15) is 0 Å². The van der Waals surface area contributed by atoms with Gasteiger partial charge in [-0.05, 0) is 43.4 Å². The van der Waals surface area contributed by atoms with Gasteiger partial charge in [-0.3, -0.25) is 15.6 Å². The van der Waals surface area contributed by atoms with Crippen LogP contribution in [-0.4, -0.2) is 29.1 Å². The van der Waals surface area contributed by atoms with Gasteiger partial charge in [-0.15, -0.1) is 23.5 Å². The second-order valence-electron chi connectivity index (χ2n) is 5.19. The molecule has 3 N–H and O–H groups in total. The first-order valence-corrected chi connectivity index (χ1v) is 10.2. The van der Waals surface area contributed by atoms with E-state index in [1.165, 1.54) is 22.2 Å². The number of hydrogen-bond donors (Lipinski definition) is 3. The normalized spacial score (nSPS) is 10.1. The Hall–Kier alpha value is -1.70. The van der Waals surface area contributed by atoms with Gasteiger partial charge in [-0.25, -0.2) is 0 Å². The number of carbonyl (C=O) groups excluding carboxylic acids is 1. The molecule has 2 aromatic carbocycles. The molecule has 0 aliphatic heterocycles. The maximum Gasteiger partial charge on any atom is 0.248 e. The largest absolute Gasteiger partial charge is 0.361 e. The van der Waals surface area contributed by atoms with E-state index in [4.69, 9.17) is 12.2 Å². The first kappa shape index (κ1) is 19.6. The summed E-state index contributed by atoms with van der Waals surface area (Å²) in [5.41, 5.74) is 6.53. The average Bonchev–Trinajstić information content (AvgIpc) is 2.64. The number of rotatable bonds is 7. The zero-order chi connectivity index (χ0) is 17.9. The fourth-order valence-corrected chi connectivity index (χ4v) is 3.48. The van der Waals surface area contributed by atoms with E-state index in [-0.39, 0.29) is 5.91 Å². The van der Waals surface area contributed by atoms with Crippen LogP contribution in [0.3, 0.4) is 0 Å². The van der Waals surface area contributed by atoms with Crippen molar-refractivity contribution in [2.45, 2.75) is 16.7 Å². The monoisotopic (exact) mass is 391 g/mol. The predicted molar refractivity (Wildman–Crippen MR) is 111 cm³/mol. The number of amides is 1. The molecule has 0 heterocycles. The number of carbonyl (C=O) groups is 1. The van der Waals surface area contributed by atoms with E-state index in [0.717, 1.165) is 17.2 Å². The van der Waals surface area contributed by atoms with Crippen molar-refractivity contribution in [3.05, 3.63) is 60.2 Å². The molecular weight excluding hydrogens is 370 g/mol. The molecule has 2 aromatic rings. The Kier molecular flexibility index (Phi) is 8.65. The molecule has 0 radical (unpaired) electrons. The van der Waals surface area contributed by atoms with E-state index >= 15 is 0 Å². The van der Waals surface area contributed by atoms with E-state index in [1.54, 1.807) is 11.8 Å². The van der Waals surface area contributed by atoms with Crippen molar-refractivity contribution in [3.63, 3.8) is 0 Å². The van der Waals surface area contributed by atoms with E-state index in [0.29, 0.717) is 10.9 Å². The maximum atomic E-state index is 11.8. The first-order valence-electron chi connectivity index (χ1n) is 7.83. The highest BCUT2D eigenvalue weighted by Gasteiger charge is 2.03. The quantitative estimate of drug-likeness (QED) is 0.291. The molecule has 2 rings (SSSR count). The second-order valence-corrected chi connectivity index (χ2v) is 7.82. The molecule has 0 saturated carbocycles. The molecule has 4 nitrogen and oxygen atoms in total. The van der Waals surface area contributed by atoms with E-state index in [1.807, 2.05) is 49.4 Å². The zero-order valence-corrected chi connectivity index (χ0v) is 16.4. The number of hydrazine groups is 1. The number of thiocarbonyl (C=S) groups is 1. The fourth-order valence-electron chi connectivity index (χ4n) is 1.84. The Morgan fingerprint density at radius 1 is 0.960 bits per heavy atom. The number of nitrogens with one attached hydrogen (secondary N) is 3. The molecule has 0 atom stereocenters. The Morgan fingerprint density at radius 2 is 1.64 bits per heavy atom. The van der Waals surface area contributed by atoms with Crippen molar-refractivity contribution in [2.75, 3.05) is 18.1 Å². The number of hydrogen-bond acceptors (Lipinski definition) is 4. The lowest BCUT2D eigenvalue weighted by atomic mass is 10.2. The summed E-state index contributed by atoms with van der Waals surface area (Å²) >= 11 is 8.38. The zero-order valence-electron chi connectivity index (χ0n) is 14.0. The summed E-state index contributed by atoms with van der Waals surface area (Å²) in [6.45, 7) is 2.76. The third-order valence-corrected chi connectivity index (χ3v) is 5.38. The van der Waals surface area contributed by atoms with Crippen LogP contribution in [0.15, 0.2) is 64.4 Å². The molecule has 25 heavy (non-hydrogen) atoms. The summed E-state index contributed by atoms with van der Waals surface area (Å²) in [5.74, 6) is 1.11.